The Kier molecular flexibility index (Phi) is 5.64. The molecule has 0 aromatic carbocycles. The van der Waals surface area contributed by atoms with E-state index in [1.54, 1.807) is 0 Å². The van der Waals surface area contributed by atoms with E-state index in [9.17, 15) is 0 Å². The van der Waals surface area contributed by atoms with Crippen molar-refractivity contribution in [1.29, 1.82) is 0 Å². The van der Waals surface area contributed by atoms with Gasteiger partial charge >= 0.3 is 0 Å². The van der Waals surface area contributed by atoms with E-state index >= 15 is 0 Å². The third kappa shape index (κ3) is 4.77. The number of rotatable bonds is 5. The Morgan fingerprint density at radius 2 is 2.00 bits per heavy atom. The molecule has 0 aliphatic carbocycles. The molecule has 0 spiro atoms. The number of aliphatic hydroxyl groups excluding tert-OH is 1. The van der Waals surface area contributed by atoms with E-state index in [2.05, 4.69) is 13.8 Å². The second-order valence-corrected chi connectivity index (χ2v) is 2.98. The molecule has 2 nitrogen and oxygen atoms in total. The van der Waals surface area contributed by atoms with E-state index in [0.29, 0.717) is 6.54 Å². The van der Waals surface area contributed by atoms with Crippen LogP contribution in [0.25, 0.3) is 0 Å². The predicted molar refractivity (Wildman–Crippen MR) is 43.8 cm³/mol. The van der Waals surface area contributed by atoms with Gasteiger partial charge in [-0.2, -0.15) is 0 Å². The molecule has 3 N–H and O–H groups in total. The Hall–Kier alpha value is -0.0800. The standard InChI is InChI=1S/C8H19NO/c1-3-7(2)4-5-8(10)6-9/h7-8,10H,3-6,9H2,1-2H3. The van der Waals surface area contributed by atoms with Crippen LogP contribution in [-0.2, 0) is 0 Å². The van der Waals surface area contributed by atoms with Crippen LogP contribution in [-0.4, -0.2) is 17.8 Å². The fourth-order valence-corrected chi connectivity index (χ4v) is 0.799. The first kappa shape index (κ1) is 9.92. The molecule has 0 rings (SSSR count). The summed E-state index contributed by atoms with van der Waals surface area (Å²) in [6.07, 6.45) is 2.85. The Bertz CT molecular complexity index is 65.7. The van der Waals surface area contributed by atoms with Gasteiger partial charge in [0.15, 0.2) is 0 Å². The van der Waals surface area contributed by atoms with Gasteiger partial charge in [-0.05, 0) is 18.8 Å². The van der Waals surface area contributed by atoms with E-state index in [0.717, 1.165) is 18.8 Å². The van der Waals surface area contributed by atoms with Crippen molar-refractivity contribution in [3.63, 3.8) is 0 Å². The Balaban J connectivity index is 3.17. The summed E-state index contributed by atoms with van der Waals surface area (Å²) < 4.78 is 0. The molecule has 0 saturated heterocycles. The van der Waals surface area contributed by atoms with Crippen LogP contribution < -0.4 is 5.73 Å². The zero-order valence-corrected chi connectivity index (χ0v) is 7.01. The molecular formula is C8H19NO. The first-order valence-corrected chi connectivity index (χ1v) is 4.08. The van der Waals surface area contributed by atoms with Crippen LogP contribution in [0, 0.1) is 5.92 Å². The molecule has 0 fully saturated rings. The van der Waals surface area contributed by atoms with Gasteiger partial charge in [0.25, 0.3) is 0 Å². The zero-order valence-electron chi connectivity index (χ0n) is 7.01. The summed E-state index contributed by atoms with van der Waals surface area (Å²) >= 11 is 0. The van der Waals surface area contributed by atoms with E-state index in [1.165, 1.54) is 6.42 Å². The van der Waals surface area contributed by atoms with Gasteiger partial charge in [0, 0.05) is 6.54 Å². The smallest absolute Gasteiger partial charge is 0.0662 e. The van der Waals surface area contributed by atoms with Crippen molar-refractivity contribution in [1.82, 2.24) is 0 Å². The maximum atomic E-state index is 9.08. The maximum absolute atomic E-state index is 9.08. The van der Waals surface area contributed by atoms with Crippen LogP contribution >= 0.6 is 0 Å². The first-order chi connectivity index (χ1) is 4.70. The SMILES string of the molecule is CCC(C)CCC(O)CN. The summed E-state index contributed by atoms with van der Waals surface area (Å²) in [6, 6.07) is 0. The second kappa shape index (κ2) is 5.69. The highest BCUT2D eigenvalue weighted by Crippen LogP contribution is 2.10. The minimum Gasteiger partial charge on any atom is -0.392 e. The largest absolute Gasteiger partial charge is 0.392 e. The van der Waals surface area contributed by atoms with E-state index in [-0.39, 0.29) is 6.10 Å². The van der Waals surface area contributed by atoms with E-state index in [1.807, 2.05) is 0 Å². The normalized spacial score (nSPS) is 16.8. The highest BCUT2D eigenvalue weighted by Gasteiger charge is 2.03. The maximum Gasteiger partial charge on any atom is 0.0662 e. The molecule has 0 saturated carbocycles. The summed E-state index contributed by atoms with van der Waals surface area (Å²) in [7, 11) is 0. The molecular weight excluding hydrogens is 126 g/mol. The van der Waals surface area contributed by atoms with Crippen molar-refractivity contribution in [2.75, 3.05) is 6.54 Å². The lowest BCUT2D eigenvalue weighted by Crippen LogP contribution is -2.20. The van der Waals surface area contributed by atoms with Crippen molar-refractivity contribution in [3.05, 3.63) is 0 Å². The van der Waals surface area contributed by atoms with Gasteiger partial charge < -0.3 is 10.8 Å². The highest BCUT2D eigenvalue weighted by molar-refractivity contribution is 4.58. The van der Waals surface area contributed by atoms with Crippen molar-refractivity contribution >= 4 is 0 Å². The third-order valence-electron chi connectivity index (χ3n) is 1.96. The lowest BCUT2D eigenvalue weighted by molar-refractivity contribution is 0.163. The molecule has 2 atom stereocenters. The first-order valence-electron chi connectivity index (χ1n) is 4.08. The third-order valence-corrected chi connectivity index (χ3v) is 1.96. The molecule has 2 unspecified atom stereocenters. The molecule has 0 radical (unpaired) electrons. The van der Waals surface area contributed by atoms with Gasteiger partial charge in [-0.25, -0.2) is 0 Å². The molecule has 62 valence electrons. The van der Waals surface area contributed by atoms with E-state index in [4.69, 9.17) is 10.8 Å². The summed E-state index contributed by atoms with van der Waals surface area (Å²) in [5.74, 6) is 0.723. The van der Waals surface area contributed by atoms with Gasteiger partial charge in [-0.3, -0.25) is 0 Å². The fourth-order valence-electron chi connectivity index (χ4n) is 0.799. The summed E-state index contributed by atoms with van der Waals surface area (Å²) in [4.78, 5) is 0. The van der Waals surface area contributed by atoms with Gasteiger partial charge in [0.1, 0.15) is 0 Å². The Morgan fingerprint density at radius 1 is 1.40 bits per heavy atom. The average Bonchev–Trinajstić information content (AvgIpc) is 1.99. The quantitative estimate of drug-likeness (QED) is 0.609. The molecule has 10 heavy (non-hydrogen) atoms. The van der Waals surface area contributed by atoms with Crippen molar-refractivity contribution in [2.24, 2.45) is 11.7 Å². The molecule has 0 aromatic heterocycles. The predicted octanol–water partition coefficient (Wildman–Crippen LogP) is 1.13. The molecule has 2 heteroatoms. The lowest BCUT2D eigenvalue weighted by Gasteiger charge is -2.10. The van der Waals surface area contributed by atoms with Crippen molar-refractivity contribution < 1.29 is 5.11 Å². The molecule has 0 aliphatic rings. The number of aliphatic hydroxyl groups is 1. The highest BCUT2D eigenvalue weighted by atomic mass is 16.3. The molecule has 0 bridgehead atoms. The second-order valence-electron chi connectivity index (χ2n) is 2.98. The summed E-state index contributed by atoms with van der Waals surface area (Å²) in [5.41, 5.74) is 5.25. The van der Waals surface area contributed by atoms with Crippen LogP contribution in [0.4, 0.5) is 0 Å². The zero-order chi connectivity index (χ0) is 7.98. The minimum absolute atomic E-state index is 0.283. The van der Waals surface area contributed by atoms with E-state index < -0.39 is 0 Å². The van der Waals surface area contributed by atoms with Gasteiger partial charge in [0.05, 0.1) is 6.10 Å². The van der Waals surface area contributed by atoms with Crippen LogP contribution in [0.2, 0.25) is 0 Å². The van der Waals surface area contributed by atoms with Gasteiger partial charge in [-0.15, -0.1) is 0 Å². The molecule has 0 heterocycles. The Labute approximate surface area is 63.4 Å². The molecule has 0 aliphatic heterocycles. The van der Waals surface area contributed by atoms with Crippen LogP contribution in [0.15, 0.2) is 0 Å². The lowest BCUT2D eigenvalue weighted by atomic mass is 10.0. The monoisotopic (exact) mass is 145 g/mol. The van der Waals surface area contributed by atoms with Gasteiger partial charge in [-0.1, -0.05) is 20.3 Å². The van der Waals surface area contributed by atoms with Gasteiger partial charge in [0.2, 0.25) is 0 Å². The van der Waals surface area contributed by atoms with Crippen LogP contribution in [0.5, 0.6) is 0 Å². The average molecular weight is 145 g/mol. The van der Waals surface area contributed by atoms with Crippen molar-refractivity contribution in [3.8, 4) is 0 Å². The number of nitrogens with two attached hydrogens (primary N) is 1. The minimum atomic E-state index is -0.283. The summed E-state index contributed by atoms with van der Waals surface area (Å²) in [5, 5.41) is 9.08. The van der Waals surface area contributed by atoms with Crippen molar-refractivity contribution in [2.45, 2.75) is 39.2 Å². The molecule has 0 aromatic rings. The molecule has 0 amide bonds. The van der Waals surface area contributed by atoms with Crippen LogP contribution in [0.3, 0.4) is 0 Å². The number of hydrogen-bond acceptors (Lipinski definition) is 2. The summed E-state index contributed by atoms with van der Waals surface area (Å²) in [6.45, 7) is 4.76. The fraction of sp³-hybridized carbons (Fsp3) is 1.00. The van der Waals surface area contributed by atoms with Crippen LogP contribution in [0.1, 0.15) is 33.1 Å². The Morgan fingerprint density at radius 3 is 2.40 bits per heavy atom. The number of hydrogen-bond donors (Lipinski definition) is 2. The topological polar surface area (TPSA) is 46.2 Å².